The highest BCUT2D eigenvalue weighted by Gasteiger charge is 2.31. The highest BCUT2D eigenvalue weighted by atomic mass is 19.1. The molecule has 0 saturated heterocycles. The van der Waals surface area contributed by atoms with Crippen molar-refractivity contribution in [1.82, 2.24) is 0 Å². The van der Waals surface area contributed by atoms with Crippen LogP contribution in [-0.4, -0.2) is 5.91 Å². The van der Waals surface area contributed by atoms with Gasteiger partial charge in [0.2, 0.25) is 5.91 Å². The van der Waals surface area contributed by atoms with Crippen molar-refractivity contribution in [2.45, 2.75) is 12.8 Å². The van der Waals surface area contributed by atoms with E-state index in [1.165, 1.54) is 12.1 Å². The van der Waals surface area contributed by atoms with Gasteiger partial charge < -0.3 is 5.32 Å². The van der Waals surface area contributed by atoms with Gasteiger partial charge in [-0.05, 0) is 36.2 Å². The molecule has 1 N–H and O–H groups in total. The Balaban J connectivity index is 2.11. The van der Waals surface area contributed by atoms with E-state index in [0.29, 0.717) is 11.3 Å². The Morgan fingerprint density at radius 2 is 1.83 bits per heavy atom. The first kappa shape index (κ1) is 11.0. The number of hydrogen-bond acceptors (Lipinski definition) is 1. The number of rotatable bonds is 1. The van der Waals surface area contributed by atoms with Gasteiger partial charge in [0, 0.05) is 5.69 Å². The van der Waals surface area contributed by atoms with Gasteiger partial charge in [-0.2, -0.15) is 0 Å². The molecule has 1 aliphatic heterocycles. The first-order chi connectivity index (χ1) is 8.65. The third kappa shape index (κ3) is 1.68. The van der Waals surface area contributed by atoms with Gasteiger partial charge >= 0.3 is 0 Å². The molecule has 0 radical (unpaired) electrons. The first-order valence-corrected chi connectivity index (χ1v) is 5.82. The van der Waals surface area contributed by atoms with E-state index in [-0.39, 0.29) is 11.7 Å². The summed E-state index contributed by atoms with van der Waals surface area (Å²) in [6.45, 7) is 1.99. The fraction of sp³-hybridized carbons (Fsp3) is 0.133. The SMILES string of the molecule is Cc1ccc(C2C(=O)Nc3ccc(F)cc32)cc1. The molecule has 1 amide bonds. The number of carbonyl (C=O) groups excluding carboxylic acids is 1. The van der Waals surface area contributed by atoms with Crippen LogP contribution in [-0.2, 0) is 4.79 Å². The summed E-state index contributed by atoms with van der Waals surface area (Å²) < 4.78 is 13.3. The number of aryl methyl sites for hydroxylation is 1. The van der Waals surface area contributed by atoms with Crippen LogP contribution in [0.1, 0.15) is 22.6 Å². The van der Waals surface area contributed by atoms with Crippen molar-refractivity contribution in [3.05, 3.63) is 65.0 Å². The summed E-state index contributed by atoms with van der Waals surface area (Å²) in [5.41, 5.74) is 3.44. The number of fused-ring (bicyclic) bond motifs is 1. The van der Waals surface area contributed by atoms with Gasteiger partial charge in [-0.3, -0.25) is 4.79 Å². The molecule has 0 bridgehead atoms. The monoisotopic (exact) mass is 241 g/mol. The Morgan fingerprint density at radius 3 is 2.56 bits per heavy atom. The molecule has 0 aromatic heterocycles. The van der Waals surface area contributed by atoms with Crippen LogP contribution < -0.4 is 5.32 Å². The molecule has 18 heavy (non-hydrogen) atoms. The van der Waals surface area contributed by atoms with Crippen molar-refractivity contribution < 1.29 is 9.18 Å². The minimum absolute atomic E-state index is 0.0977. The number of anilines is 1. The van der Waals surface area contributed by atoms with Crippen LogP contribution in [0.5, 0.6) is 0 Å². The predicted molar refractivity (Wildman–Crippen MR) is 68.1 cm³/mol. The maximum Gasteiger partial charge on any atom is 0.236 e. The smallest absolute Gasteiger partial charge is 0.236 e. The molecule has 3 heteroatoms. The van der Waals surface area contributed by atoms with Crippen LogP contribution in [0.2, 0.25) is 0 Å². The molecular weight excluding hydrogens is 229 g/mol. The topological polar surface area (TPSA) is 29.1 Å². The lowest BCUT2D eigenvalue weighted by molar-refractivity contribution is -0.116. The van der Waals surface area contributed by atoms with E-state index in [9.17, 15) is 9.18 Å². The summed E-state index contributed by atoms with van der Waals surface area (Å²) in [7, 11) is 0. The van der Waals surface area contributed by atoms with Crippen molar-refractivity contribution in [3.63, 3.8) is 0 Å². The van der Waals surface area contributed by atoms with Gasteiger partial charge in [-0.1, -0.05) is 29.8 Å². The van der Waals surface area contributed by atoms with Gasteiger partial charge in [-0.15, -0.1) is 0 Å². The lowest BCUT2D eigenvalue weighted by Crippen LogP contribution is -2.13. The average Bonchev–Trinajstić information content (AvgIpc) is 2.66. The number of hydrogen-bond donors (Lipinski definition) is 1. The molecule has 2 aromatic carbocycles. The quantitative estimate of drug-likeness (QED) is 0.816. The second-order valence-corrected chi connectivity index (χ2v) is 4.56. The second-order valence-electron chi connectivity index (χ2n) is 4.56. The zero-order chi connectivity index (χ0) is 12.7. The molecule has 0 fully saturated rings. The molecule has 1 heterocycles. The molecular formula is C15H12FNO. The Labute approximate surface area is 104 Å². The predicted octanol–water partition coefficient (Wildman–Crippen LogP) is 3.22. The zero-order valence-electron chi connectivity index (χ0n) is 9.91. The molecule has 1 unspecified atom stereocenters. The zero-order valence-corrected chi connectivity index (χ0v) is 9.91. The van der Waals surface area contributed by atoms with E-state index < -0.39 is 5.92 Å². The van der Waals surface area contributed by atoms with E-state index in [2.05, 4.69) is 5.32 Å². The molecule has 90 valence electrons. The van der Waals surface area contributed by atoms with Gasteiger partial charge in [-0.25, -0.2) is 4.39 Å². The minimum Gasteiger partial charge on any atom is -0.325 e. The number of halogens is 1. The van der Waals surface area contributed by atoms with Crippen LogP contribution in [0, 0.1) is 12.7 Å². The third-order valence-corrected chi connectivity index (χ3v) is 3.26. The van der Waals surface area contributed by atoms with Crippen molar-refractivity contribution in [1.29, 1.82) is 0 Å². The standard InChI is InChI=1S/C15H12FNO/c1-9-2-4-10(5-3-9)14-12-8-11(16)6-7-13(12)17-15(14)18/h2-8,14H,1H3,(H,17,18). The maximum absolute atomic E-state index is 13.3. The van der Waals surface area contributed by atoms with Crippen LogP contribution in [0.25, 0.3) is 0 Å². The van der Waals surface area contributed by atoms with Gasteiger partial charge in [0.25, 0.3) is 0 Å². The molecule has 3 rings (SSSR count). The summed E-state index contributed by atoms with van der Waals surface area (Å²) in [6, 6.07) is 12.1. The van der Waals surface area contributed by atoms with Crippen molar-refractivity contribution in [3.8, 4) is 0 Å². The van der Waals surface area contributed by atoms with Gasteiger partial charge in [0.15, 0.2) is 0 Å². The van der Waals surface area contributed by atoms with E-state index in [1.54, 1.807) is 6.07 Å². The molecule has 0 spiro atoms. The molecule has 0 aliphatic carbocycles. The average molecular weight is 241 g/mol. The first-order valence-electron chi connectivity index (χ1n) is 5.82. The van der Waals surface area contributed by atoms with Gasteiger partial charge in [0.1, 0.15) is 5.82 Å². The normalized spacial score (nSPS) is 17.4. The number of benzene rings is 2. The summed E-state index contributed by atoms with van der Waals surface area (Å²) in [6.07, 6.45) is 0. The largest absolute Gasteiger partial charge is 0.325 e. The fourth-order valence-electron chi connectivity index (χ4n) is 2.32. The Bertz CT molecular complexity index is 619. The van der Waals surface area contributed by atoms with Crippen LogP contribution >= 0.6 is 0 Å². The minimum atomic E-state index is -0.406. The number of carbonyl (C=O) groups is 1. The van der Waals surface area contributed by atoms with Crippen molar-refractivity contribution in [2.24, 2.45) is 0 Å². The Hall–Kier alpha value is -2.16. The molecule has 0 saturated carbocycles. The summed E-state index contributed by atoms with van der Waals surface area (Å²) >= 11 is 0. The molecule has 2 nitrogen and oxygen atoms in total. The van der Waals surface area contributed by atoms with Gasteiger partial charge in [0.05, 0.1) is 5.92 Å². The third-order valence-electron chi connectivity index (χ3n) is 3.26. The van der Waals surface area contributed by atoms with E-state index in [0.717, 1.165) is 11.1 Å². The number of amides is 1. The van der Waals surface area contributed by atoms with Crippen molar-refractivity contribution >= 4 is 11.6 Å². The summed E-state index contributed by atoms with van der Waals surface area (Å²) in [5.74, 6) is -0.821. The van der Waals surface area contributed by atoms with Crippen LogP contribution in [0.4, 0.5) is 10.1 Å². The fourth-order valence-corrected chi connectivity index (χ4v) is 2.32. The summed E-state index contributed by atoms with van der Waals surface area (Å²) in [5, 5.41) is 2.78. The highest BCUT2D eigenvalue weighted by molar-refractivity contribution is 6.05. The van der Waals surface area contributed by atoms with Crippen LogP contribution in [0.15, 0.2) is 42.5 Å². The summed E-state index contributed by atoms with van der Waals surface area (Å²) in [4.78, 5) is 12.0. The van der Waals surface area contributed by atoms with E-state index in [4.69, 9.17) is 0 Å². The van der Waals surface area contributed by atoms with Crippen molar-refractivity contribution in [2.75, 3.05) is 5.32 Å². The second kappa shape index (κ2) is 3.95. The van der Waals surface area contributed by atoms with E-state index >= 15 is 0 Å². The Kier molecular flexibility index (Phi) is 2.40. The molecule has 2 aromatic rings. The molecule has 1 atom stereocenters. The molecule has 1 aliphatic rings. The van der Waals surface area contributed by atoms with Crippen LogP contribution in [0.3, 0.4) is 0 Å². The lowest BCUT2D eigenvalue weighted by Gasteiger charge is -2.09. The Morgan fingerprint density at radius 1 is 1.11 bits per heavy atom. The highest BCUT2D eigenvalue weighted by Crippen LogP contribution is 2.37. The number of nitrogens with one attached hydrogen (secondary N) is 1. The maximum atomic E-state index is 13.3. The lowest BCUT2D eigenvalue weighted by atomic mass is 9.92. The van der Waals surface area contributed by atoms with E-state index in [1.807, 2.05) is 31.2 Å².